The van der Waals surface area contributed by atoms with E-state index in [1.54, 1.807) is 17.8 Å². The van der Waals surface area contributed by atoms with Gasteiger partial charge in [0.05, 0.1) is 16.9 Å². The molecule has 23 heavy (non-hydrogen) atoms. The topological polar surface area (TPSA) is 92.9 Å². The highest BCUT2D eigenvalue weighted by molar-refractivity contribution is 5.93. The van der Waals surface area contributed by atoms with Crippen molar-refractivity contribution in [3.05, 3.63) is 47.9 Å². The number of carbonyl (C=O) groups excluding carboxylic acids is 1. The van der Waals surface area contributed by atoms with Gasteiger partial charge >= 0.3 is 0 Å². The van der Waals surface area contributed by atoms with E-state index < -0.39 is 0 Å². The first-order valence-corrected chi connectivity index (χ1v) is 7.38. The Morgan fingerprint density at radius 2 is 2.17 bits per heavy atom. The van der Waals surface area contributed by atoms with Crippen LogP contribution in [0.25, 0.3) is 16.6 Å². The fraction of sp³-hybridized carbons (Fsp3) is 0.250. The number of nitrogens with zero attached hydrogens (tertiary/aromatic N) is 4. The summed E-state index contributed by atoms with van der Waals surface area (Å²) in [5.74, 6) is -0.291. The third-order valence-electron chi connectivity index (χ3n) is 3.58. The quantitative estimate of drug-likeness (QED) is 0.691. The van der Waals surface area contributed by atoms with E-state index in [9.17, 15) is 4.79 Å². The Bertz CT molecular complexity index is 838. The van der Waals surface area contributed by atoms with Gasteiger partial charge in [-0.05, 0) is 37.6 Å². The van der Waals surface area contributed by atoms with Crippen LogP contribution in [-0.2, 0) is 0 Å². The molecule has 0 unspecified atom stereocenters. The van der Waals surface area contributed by atoms with E-state index in [2.05, 4.69) is 20.6 Å². The van der Waals surface area contributed by atoms with Crippen molar-refractivity contribution in [2.75, 3.05) is 13.2 Å². The number of hydrogen-bond donors (Lipinski definition) is 2. The highest BCUT2D eigenvalue weighted by atomic mass is 16.3. The van der Waals surface area contributed by atoms with E-state index in [4.69, 9.17) is 5.11 Å². The molecule has 1 aromatic carbocycles. The van der Waals surface area contributed by atoms with E-state index >= 15 is 0 Å². The van der Waals surface area contributed by atoms with Gasteiger partial charge in [-0.1, -0.05) is 11.3 Å². The van der Waals surface area contributed by atoms with E-state index in [-0.39, 0.29) is 18.2 Å². The zero-order valence-electron chi connectivity index (χ0n) is 12.7. The molecule has 0 aliphatic carbocycles. The van der Waals surface area contributed by atoms with Crippen LogP contribution < -0.4 is 5.32 Å². The minimum atomic E-state index is -0.291. The smallest absolute Gasteiger partial charge is 0.273 e. The van der Waals surface area contributed by atoms with Gasteiger partial charge in [-0.15, -0.1) is 5.10 Å². The molecule has 2 aromatic heterocycles. The molecule has 1 amide bonds. The molecule has 0 spiro atoms. The molecule has 0 fully saturated rings. The second-order valence-electron chi connectivity index (χ2n) is 5.12. The van der Waals surface area contributed by atoms with Crippen LogP contribution >= 0.6 is 0 Å². The van der Waals surface area contributed by atoms with Gasteiger partial charge in [-0.3, -0.25) is 9.78 Å². The number of aliphatic hydroxyl groups excluding tert-OH is 1. The lowest BCUT2D eigenvalue weighted by Crippen LogP contribution is -2.26. The van der Waals surface area contributed by atoms with Crippen LogP contribution in [0.5, 0.6) is 0 Å². The third-order valence-corrected chi connectivity index (χ3v) is 3.58. The lowest BCUT2D eigenvalue weighted by atomic mass is 10.2. The van der Waals surface area contributed by atoms with Crippen molar-refractivity contribution >= 4 is 16.8 Å². The van der Waals surface area contributed by atoms with Crippen LogP contribution in [0.3, 0.4) is 0 Å². The monoisotopic (exact) mass is 311 g/mol. The molecule has 7 heteroatoms. The van der Waals surface area contributed by atoms with Crippen LogP contribution in [0.1, 0.15) is 22.6 Å². The fourth-order valence-electron chi connectivity index (χ4n) is 2.40. The van der Waals surface area contributed by atoms with Crippen LogP contribution in [-0.4, -0.2) is 44.1 Å². The zero-order chi connectivity index (χ0) is 16.2. The molecule has 0 bridgehead atoms. The number of pyridine rings is 1. The van der Waals surface area contributed by atoms with Crippen LogP contribution in [0.2, 0.25) is 0 Å². The van der Waals surface area contributed by atoms with Crippen molar-refractivity contribution in [3.63, 3.8) is 0 Å². The minimum absolute atomic E-state index is 0.0367. The van der Waals surface area contributed by atoms with Gasteiger partial charge in [-0.2, -0.15) is 0 Å². The van der Waals surface area contributed by atoms with Crippen molar-refractivity contribution in [1.82, 2.24) is 25.3 Å². The molecule has 0 saturated heterocycles. The summed E-state index contributed by atoms with van der Waals surface area (Å²) in [4.78, 5) is 16.5. The Hall–Kier alpha value is -2.80. The van der Waals surface area contributed by atoms with Crippen LogP contribution in [0.15, 0.2) is 36.5 Å². The van der Waals surface area contributed by atoms with Gasteiger partial charge in [0, 0.05) is 24.7 Å². The first-order chi connectivity index (χ1) is 11.2. The summed E-state index contributed by atoms with van der Waals surface area (Å²) in [6, 6.07) is 9.56. The molecule has 0 aliphatic rings. The van der Waals surface area contributed by atoms with Crippen molar-refractivity contribution in [2.24, 2.45) is 0 Å². The second kappa shape index (κ2) is 6.53. The molecule has 2 N–H and O–H groups in total. The van der Waals surface area contributed by atoms with Crippen LogP contribution in [0.4, 0.5) is 0 Å². The summed E-state index contributed by atoms with van der Waals surface area (Å²) in [5.41, 5.74) is 2.62. The highest BCUT2D eigenvalue weighted by Crippen LogP contribution is 2.21. The van der Waals surface area contributed by atoms with Gasteiger partial charge in [0.25, 0.3) is 5.91 Å². The lowest BCUT2D eigenvalue weighted by Gasteiger charge is -2.07. The summed E-state index contributed by atoms with van der Waals surface area (Å²) >= 11 is 0. The Morgan fingerprint density at radius 3 is 3.00 bits per heavy atom. The average molecular weight is 311 g/mol. The van der Waals surface area contributed by atoms with Crippen molar-refractivity contribution in [3.8, 4) is 5.69 Å². The number of rotatable bonds is 5. The number of amides is 1. The van der Waals surface area contributed by atoms with Crippen molar-refractivity contribution in [1.29, 1.82) is 0 Å². The molecule has 0 saturated carbocycles. The van der Waals surface area contributed by atoms with Crippen LogP contribution in [0, 0.1) is 6.92 Å². The summed E-state index contributed by atoms with van der Waals surface area (Å²) in [6.07, 6.45) is 2.24. The minimum Gasteiger partial charge on any atom is -0.396 e. The highest BCUT2D eigenvalue weighted by Gasteiger charge is 2.17. The number of aliphatic hydroxyl groups is 1. The number of fused-ring (bicyclic) bond motifs is 1. The summed E-state index contributed by atoms with van der Waals surface area (Å²) in [5, 5.41) is 20.5. The summed E-state index contributed by atoms with van der Waals surface area (Å²) in [7, 11) is 0. The van der Waals surface area contributed by atoms with E-state index in [0.717, 1.165) is 16.6 Å². The predicted molar refractivity (Wildman–Crippen MR) is 85.4 cm³/mol. The van der Waals surface area contributed by atoms with Crippen molar-refractivity contribution < 1.29 is 9.90 Å². The maximum Gasteiger partial charge on any atom is 0.273 e. The standard InChI is InChI=1S/C16H17N5O2/c1-11-15(16(23)18-9-4-10-22)19-20-21(11)14-7-2-6-13-12(14)5-3-8-17-13/h2-3,5-8,22H,4,9-10H2,1H3,(H,18,23). The Labute approximate surface area is 133 Å². The molecule has 3 aromatic rings. The molecule has 0 radical (unpaired) electrons. The zero-order valence-corrected chi connectivity index (χ0v) is 12.7. The molecule has 3 rings (SSSR count). The molecule has 0 atom stereocenters. The van der Waals surface area contributed by atoms with Gasteiger partial charge in [0.1, 0.15) is 0 Å². The Balaban J connectivity index is 1.97. The van der Waals surface area contributed by atoms with E-state index in [0.29, 0.717) is 18.7 Å². The second-order valence-corrected chi connectivity index (χ2v) is 5.12. The van der Waals surface area contributed by atoms with Gasteiger partial charge in [-0.25, -0.2) is 4.68 Å². The van der Waals surface area contributed by atoms with E-state index in [1.165, 1.54) is 0 Å². The number of hydrogen-bond acceptors (Lipinski definition) is 5. The van der Waals surface area contributed by atoms with Gasteiger partial charge in [0.2, 0.25) is 0 Å². The molecule has 7 nitrogen and oxygen atoms in total. The first-order valence-electron chi connectivity index (χ1n) is 7.38. The third kappa shape index (κ3) is 2.91. The van der Waals surface area contributed by atoms with E-state index in [1.807, 2.05) is 30.3 Å². The SMILES string of the molecule is Cc1c(C(=O)NCCCO)nnn1-c1cccc2ncccc12. The maximum absolute atomic E-state index is 12.1. The summed E-state index contributed by atoms with van der Waals surface area (Å²) in [6.45, 7) is 2.24. The number of carbonyl (C=O) groups is 1. The van der Waals surface area contributed by atoms with Crippen molar-refractivity contribution in [2.45, 2.75) is 13.3 Å². The Morgan fingerprint density at radius 1 is 1.30 bits per heavy atom. The number of nitrogens with one attached hydrogen (secondary N) is 1. The maximum atomic E-state index is 12.1. The normalized spacial score (nSPS) is 10.9. The van der Waals surface area contributed by atoms with Gasteiger partial charge < -0.3 is 10.4 Å². The largest absolute Gasteiger partial charge is 0.396 e. The molecule has 118 valence electrons. The number of benzene rings is 1. The molecular formula is C16H17N5O2. The average Bonchev–Trinajstić information content (AvgIpc) is 2.96. The van der Waals surface area contributed by atoms with Gasteiger partial charge in [0.15, 0.2) is 5.69 Å². The Kier molecular flexibility index (Phi) is 4.29. The fourth-order valence-corrected chi connectivity index (χ4v) is 2.40. The first kappa shape index (κ1) is 15.1. The summed E-state index contributed by atoms with van der Waals surface area (Å²) < 4.78 is 1.64. The predicted octanol–water partition coefficient (Wildman–Crippen LogP) is 1.24. The lowest BCUT2D eigenvalue weighted by molar-refractivity contribution is 0.0945. The molecular weight excluding hydrogens is 294 g/mol. The number of aromatic nitrogens is 4. The molecule has 0 aliphatic heterocycles. The molecule has 2 heterocycles.